The number of urea groups is 1. The lowest BCUT2D eigenvalue weighted by atomic mass is 9.99. The number of quaternary nitrogens is 1. The minimum Gasteiger partial charge on any atom is -0.370 e. The van der Waals surface area contributed by atoms with E-state index in [1.165, 1.54) is 4.90 Å². The molecule has 2 aliphatic rings. The lowest BCUT2D eigenvalue weighted by Crippen LogP contribution is -3.14. The third-order valence-corrected chi connectivity index (χ3v) is 5.12. The van der Waals surface area contributed by atoms with Gasteiger partial charge in [0.2, 0.25) is 5.91 Å². The number of hydrogen-bond acceptors (Lipinski definition) is 5. The van der Waals surface area contributed by atoms with Gasteiger partial charge in [0, 0.05) is 18.7 Å². The Balaban J connectivity index is 1.65. The summed E-state index contributed by atoms with van der Waals surface area (Å²) in [6.07, 6.45) is 0.871. The molecule has 8 nitrogen and oxygen atoms in total. The number of nitrogens with one attached hydrogen (secondary N) is 2. The van der Waals surface area contributed by atoms with Crippen molar-refractivity contribution in [3.63, 3.8) is 0 Å². The summed E-state index contributed by atoms with van der Waals surface area (Å²) in [5, 5.41) is 2.27. The molecule has 8 heteroatoms. The molecule has 1 aromatic carbocycles. The van der Waals surface area contributed by atoms with E-state index in [1.807, 2.05) is 19.1 Å². The first-order valence-corrected chi connectivity index (χ1v) is 9.65. The molecule has 4 amide bonds. The van der Waals surface area contributed by atoms with Crippen molar-refractivity contribution >= 4 is 29.2 Å². The van der Waals surface area contributed by atoms with Crippen LogP contribution in [0.5, 0.6) is 0 Å². The Labute approximate surface area is 164 Å². The maximum Gasteiger partial charge on any atom is 0.335 e. The van der Waals surface area contributed by atoms with Gasteiger partial charge in [-0.3, -0.25) is 19.9 Å². The monoisotopic (exact) mass is 387 g/mol. The SMILES string of the molecule is CC(=NCCC[NH+]1CCOCC1)[C@@H]1C(=O)NC(=O)N(c2ccc(C)cc2)C1=O. The van der Waals surface area contributed by atoms with Crippen LogP contribution in [0.25, 0.3) is 0 Å². The molecule has 0 radical (unpaired) electrons. The standard InChI is InChI=1S/C20H26N4O4/c1-14-4-6-16(7-5-14)24-19(26)17(18(25)22-20(24)27)15(2)21-8-3-9-23-10-12-28-13-11-23/h4-7,17H,3,8-13H2,1-2H3,(H,22,25,27)/p+1/t17-/m1/s1. The van der Waals surface area contributed by atoms with E-state index in [1.54, 1.807) is 19.1 Å². The number of morpholine rings is 1. The van der Waals surface area contributed by atoms with Crippen molar-refractivity contribution in [1.82, 2.24) is 5.32 Å². The number of anilines is 1. The lowest BCUT2D eigenvalue weighted by molar-refractivity contribution is -0.908. The summed E-state index contributed by atoms with van der Waals surface area (Å²) in [6.45, 7) is 8.70. The summed E-state index contributed by atoms with van der Waals surface area (Å²) >= 11 is 0. The van der Waals surface area contributed by atoms with Crippen molar-refractivity contribution < 1.29 is 24.0 Å². The molecule has 28 heavy (non-hydrogen) atoms. The fourth-order valence-corrected chi connectivity index (χ4v) is 3.47. The quantitative estimate of drug-likeness (QED) is 0.407. The summed E-state index contributed by atoms with van der Waals surface area (Å²) < 4.78 is 5.35. The van der Waals surface area contributed by atoms with Gasteiger partial charge in [-0.2, -0.15) is 0 Å². The van der Waals surface area contributed by atoms with E-state index in [-0.39, 0.29) is 0 Å². The molecule has 2 aliphatic heterocycles. The van der Waals surface area contributed by atoms with Crippen molar-refractivity contribution in [3.05, 3.63) is 29.8 Å². The Bertz CT molecular complexity index is 769. The van der Waals surface area contributed by atoms with Crippen molar-refractivity contribution in [2.75, 3.05) is 44.3 Å². The molecular formula is C20H27N4O4+. The Morgan fingerprint density at radius 2 is 1.89 bits per heavy atom. The molecule has 2 heterocycles. The highest BCUT2D eigenvalue weighted by molar-refractivity contribution is 6.35. The van der Waals surface area contributed by atoms with Gasteiger partial charge in [0.25, 0.3) is 5.91 Å². The number of aryl methyl sites for hydroxylation is 1. The van der Waals surface area contributed by atoms with E-state index in [0.29, 0.717) is 17.9 Å². The van der Waals surface area contributed by atoms with E-state index < -0.39 is 23.8 Å². The topological polar surface area (TPSA) is 92.5 Å². The van der Waals surface area contributed by atoms with Crippen LogP contribution in [0, 0.1) is 12.8 Å². The number of carbonyl (C=O) groups is 3. The molecule has 0 aromatic heterocycles. The molecule has 150 valence electrons. The van der Waals surface area contributed by atoms with Crippen LogP contribution in [0.3, 0.4) is 0 Å². The van der Waals surface area contributed by atoms with Crippen LogP contribution in [0.4, 0.5) is 10.5 Å². The predicted octanol–water partition coefficient (Wildman–Crippen LogP) is -0.0399. The lowest BCUT2D eigenvalue weighted by Gasteiger charge is -2.30. The average molecular weight is 387 g/mol. The smallest absolute Gasteiger partial charge is 0.335 e. The molecule has 0 spiro atoms. The number of amides is 4. The number of rotatable bonds is 6. The van der Waals surface area contributed by atoms with Crippen LogP contribution >= 0.6 is 0 Å². The second kappa shape index (κ2) is 9.07. The predicted molar refractivity (Wildman–Crippen MR) is 105 cm³/mol. The number of aliphatic imine (C=N–C) groups is 1. The third-order valence-electron chi connectivity index (χ3n) is 5.12. The Morgan fingerprint density at radius 3 is 2.57 bits per heavy atom. The second-order valence-corrected chi connectivity index (χ2v) is 7.23. The van der Waals surface area contributed by atoms with Crippen molar-refractivity contribution in [2.24, 2.45) is 10.9 Å². The largest absolute Gasteiger partial charge is 0.370 e. The van der Waals surface area contributed by atoms with Gasteiger partial charge < -0.3 is 9.64 Å². The van der Waals surface area contributed by atoms with Crippen molar-refractivity contribution in [2.45, 2.75) is 20.3 Å². The molecule has 1 atom stereocenters. The highest BCUT2D eigenvalue weighted by Crippen LogP contribution is 2.22. The van der Waals surface area contributed by atoms with Gasteiger partial charge in [-0.1, -0.05) is 17.7 Å². The molecular weight excluding hydrogens is 360 g/mol. The molecule has 2 N–H and O–H groups in total. The van der Waals surface area contributed by atoms with Gasteiger partial charge in [-0.15, -0.1) is 0 Å². The first kappa shape index (κ1) is 20.2. The third kappa shape index (κ3) is 4.63. The molecule has 2 saturated heterocycles. The normalized spacial score (nSPS) is 21.8. The number of nitrogens with zero attached hydrogens (tertiary/aromatic N) is 2. The summed E-state index contributed by atoms with van der Waals surface area (Å²) in [5.41, 5.74) is 1.89. The summed E-state index contributed by atoms with van der Waals surface area (Å²) in [4.78, 5) is 44.4. The molecule has 0 aliphatic carbocycles. The number of benzene rings is 1. The molecule has 1 aromatic rings. The Kier molecular flexibility index (Phi) is 6.53. The maximum absolute atomic E-state index is 12.9. The van der Waals surface area contributed by atoms with E-state index in [2.05, 4.69) is 10.3 Å². The highest BCUT2D eigenvalue weighted by atomic mass is 16.5. The average Bonchev–Trinajstić information content (AvgIpc) is 2.67. The zero-order valence-corrected chi connectivity index (χ0v) is 16.4. The van der Waals surface area contributed by atoms with Crippen LogP contribution in [0.2, 0.25) is 0 Å². The van der Waals surface area contributed by atoms with E-state index in [4.69, 9.17) is 4.74 Å². The number of hydrogen-bond donors (Lipinski definition) is 2. The second-order valence-electron chi connectivity index (χ2n) is 7.23. The van der Waals surface area contributed by atoms with E-state index in [9.17, 15) is 14.4 Å². The van der Waals surface area contributed by atoms with Crippen LogP contribution < -0.4 is 15.1 Å². The summed E-state index contributed by atoms with van der Waals surface area (Å²) in [6, 6.07) is 6.29. The fraction of sp³-hybridized carbons (Fsp3) is 0.500. The highest BCUT2D eigenvalue weighted by Gasteiger charge is 2.42. The number of ether oxygens (including phenoxy) is 1. The van der Waals surface area contributed by atoms with E-state index >= 15 is 0 Å². The van der Waals surface area contributed by atoms with Gasteiger partial charge in [0.1, 0.15) is 13.1 Å². The minimum absolute atomic E-state index is 0.434. The van der Waals surface area contributed by atoms with Gasteiger partial charge in [0.05, 0.1) is 25.4 Å². The zero-order valence-electron chi connectivity index (χ0n) is 16.4. The van der Waals surface area contributed by atoms with E-state index in [0.717, 1.165) is 49.7 Å². The minimum atomic E-state index is -1.07. The molecule has 0 bridgehead atoms. The van der Waals surface area contributed by atoms with Crippen LogP contribution in [0.1, 0.15) is 18.9 Å². The number of carbonyl (C=O) groups excluding carboxylic acids is 3. The fourth-order valence-electron chi connectivity index (χ4n) is 3.47. The first-order valence-electron chi connectivity index (χ1n) is 9.65. The van der Waals surface area contributed by atoms with Crippen molar-refractivity contribution in [3.8, 4) is 0 Å². The van der Waals surface area contributed by atoms with Gasteiger partial charge >= 0.3 is 6.03 Å². The molecule has 2 fully saturated rings. The first-order chi connectivity index (χ1) is 13.5. The van der Waals surface area contributed by atoms with Crippen LogP contribution in [-0.4, -0.2) is 62.9 Å². The zero-order chi connectivity index (χ0) is 20.1. The van der Waals surface area contributed by atoms with Gasteiger partial charge in [-0.25, -0.2) is 9.69 Å². The molecule has 3 rings (SSSR count). The number of imide groups is 2. The molecule has 0 unspecified atom stereocenters. The summed E-state index contributed by atoms with van der Waals surface area (Å²) in [7, 11) is 0. The van der Waals surface area contributed by atoms with Crippen LogP contribution in [0.15, 0.2) is 29.3 Å². The molecule has 0 saturated carbocycles. The van der Waals surface area contributed by atoms with Crippen molar-refractivity contribution in [1.29, 1.82) is 0 Å². The Hall–Kier alpha value is -2.58. The van der Waals surface area contributed by atoms with Crippen LogP contribution in [-0.2, 0) is 14.3 Å². The van der Waals surface area contributed by atoms with Gasteiger partial charge in [0.15, 0.2) is 5.92 Å². The number of barbiturate groups is 1. The maximum atomic E-state index is 12.9. The summed E-state index contributed by atoms with van der Waals surface area (Å²) in [5.74, 6) is -2.24. The van der Waals surface area contributed by atoms with Gasteiger partial charge in [-0.05, 0) is 26.0 Å². The Morgan fingerprint density at radius 1 is 1.21 bits per heavy atom.